The van der Waals surface area contributed by atoms with E-state index in [2.05, 4.69) is 17.1 Å². The summed E-state index contributed by atoms with van der Waals surface area (Å²) in [5.41, 5.74) is 3.09. The number of amides is 2. The zero-order chi connectivity index (χ0) is 25.8. The molecule has 0 bridgehead atoms. The normalized spacial score (nSPS) is 14.4. The summed E-state index contributed by atoms with van der Waals surface area (Å²) < 4.78 is 11.5. The van der Waals surface area contributed by atoms with E-state index in [9.17, 15) is 9.59 Å². The average Bonchev–Trinajstić information content (AvgIpc) is 3.38. The molecule has 7 heteroatoms. The van der Waals surface area contributed by atoms with E-state index < -0.39 is 0 Å². The lowest BCUT2D eigenvalue weighted by molar-refractivity contribution is 0.0717. The van der Waals surface area contributed by atoms with Crippen LogP contribution in [0.2, 0.25) is 0 Å². The Bertz CT molecular complexity index is 1340. The first kappa shape index (κ1) is 24.4. The van der Waals surface area contributed by atoms with Crippen molar-refractivity contribution in [3.05, 3.63) is 90.2 Å². The molecule has 5 rings (SSSR count). The van der Waals surface area contributed by atoms with E-state index >= 15 is 0 Å². The predicted octanol–water partition coefficient (Wildman–Crippen LogP) is 5.82. The largest absolute Gasteiger partial charge is 0.491 e. The number of para-hydroxylation sites is 1. The van der Waals surface area contributed by atoms with Gasteiger partial charge in [-0.05, 0) is 74.0 Å². The summed E-state index contributed by atoms with van der Waals surface area (Å²) in [5.74, 6) is 0.899. The summed E-state index contributed by atoms with van der Waals surface area (Å²) in [6.07, 6.45) is 1.06. The first-order valence-corrected chi connectivity index (χ1v) is 12.7. The molecule has 2 amide bonds. The number of hydrogen-bond acceptors (Lipinski definition) is 5. The Labute approximate surface area is 216 Å². The molecule has 1 aliphatic heterocycles. The molecule has 1 saturated heterocycles. The molecule has 190 valence electrons. The van der Waals surface area contributed by atoms with E-state index in [1.165, 1.54) is 0 Å². The fourth-order valence-electron chi connectivity index (χ4n) is 4.37. The van der Waals surface area contributed by atoms with Crippen molar-refractivity contribution in [1.82, 2.24) is 4.90 Å². The maximum atomic E-state index is 12.9. The second kappa shape index (κ2) is 10.8. The van der Waals surface area contributed by atoms with Crippen molar-refractivity contribution in [2.75, 3.05) is 36.4 Å². The number of nitrogens with one attached hydrogen (secondary N) is 1. The van der Waals surface area contributed by atoms with Crippen LogP contribution in [0, 0.1) is 0 Å². The third-order valence-electron chi connectivity index (χ3n) is 6.72. The van der Waals surface area contributed by atoms with Gasteiger partial charge in [0, 0.05) is 48.5 Å². The molecule has 1 atom stereocenters. The van der Waals surface area contributed by atoms with E-state index in [-0.39, 0.29) is 17.9 Å². The molecule has 1 N–H and O–H groups in total. The van der Waals surface area contributed by atoms with Gasteiger partial charge in [-0.25, -0.2) is 0 Å². The number of fused-ring (bicyclic) bond motifs is 1. The van der Waals surface area contributed by atoms with E-state index in [4.69, 9.17) is 9.15 Å². The molecule has 0 spiro atoms. The van der Waals surface area contributed by atoms with Crippen molar-refractivity contribution in [3.8, 4) is 5.75 Å². The van der Waals surface area contributed by atoms with Crippen molar-refractivity contribution in [3.63, 3.8) is 0 Å². The van der Waals surface area contributed by atoms with Gasteiger partial charge < -0.3 is 24.3 Å². The minimum Gasteiger partial charge on any atom is -0.491 e. The standard InChI is InChI=1S/C30H31N3O4/c1-3-21(2)36-26-14-8-22(9-15-26)29(34)31-24-10-12-25(13-11-24)32-16-18-33(19-17-32)30(35)28-20-23-6-4-5-7-27(23)37-28/h4-15,20-21H,3,16-19H2,1-2H3,(H,31,34)/t21-/m0/s1. The van der Waals surface area contributed by atoms with Crippen molar-refractivity contribution in [2.45, 2.75) is 26.4 Å². The topological polar surface area (TPSA) is 75.0 Å². The molecule has 1 fully saturated rings. The van der Waals surface area contributed by atoms with Crippen LogP contribution < -0.4 is 15.0 Å². The van der Waals surface area contributed by atoms with Gasteiger partial charge in [0.15, 0.2) is 5.76 Å². The highest BCUT2D eigenvalue weighted by molar-refractivity contribution is 6.04. The second-order valence-corrected chi connectivity index (χ2v) is 9.29. The van der Waals surface area contributed by atoms with Gasteiger partial charge in [0.2, 0.25) is 0 Å². The molecule has 4 aromatic rings. The molecular formula is C30H31N3O4. The lowest BCUT2D eigenvalue weighted by atomic mass is 10.2. The van der Waals surface area contributed by atoms with Crippen LogP contribution in [0.3, 0.4) is 0 Å². The first-order valence-electron chi connectivity index (χ1n) is 12.7. The van der Waals surface area contributed by atoms with Crippen LogP contribution in [-0.2, 0) is 0 Å². The number of nitrogens with zero attached hydrogens (tertiary/aromatic N) is 2. The molecular weight excluding hydrogens is 466 g/mol. The SMILES string of the molecule is CC[C@H](C)Oc1ccc(C(=O)Nc2ccc(N3CCN(C(=O)c4cc5ccccc5o4)CC3)cc2)cc1. The quantitative estimate of drug-likeness (QED) is 0.348. The smallest absolute Gasteiger partial charge is 0.289 e. The van der Waals surface area contributed by atoms with Gasteiger partial charge in [-0.15, -0.1) is 0 Å². The maximum Gasteiger partial charge on any atom is 0.289 e. The Balaban J connectivity index is 1.14. The van der Waals surface area contributed by atoms with Crippen LogP contribution in [0.1, 0.15) is 41.2 Å². The number of rotatable bonds is 7. The lowest BCUT2D eigenvalue weighted by Gasteiger charge is -2.35. The summed E-state index contributed by atoms with van der Waals surface area (Å²) in [5, 5.41) is 3.88. The van der Waals surface area contributed by atoms with Crippen LogP contribution in [0.25, 0.3) is 11.0 Å². The van der Waals surface area contributed by atoms with Crippen LogP contribution in [0.5, 0.6) is 5.75 Å². The molecule has 7 nitrogen and oxygen atoms in total. The van der Waals surface area contributed by atoms with E-state index in [1.54, 1.807) is 12.1 Å². The summed E-state index contributed by atoms with van der Waals surface area (Å²) in [6, 6.07) is 24.4. The monoisotopic (exact) mass is 497 g/mol. The van der Waals surface area contributed by atoms with Crippen LogP contribution >= 0.6 is 0 Å². The number of benzene rings is 3. The molecule has 37 heavy (non-hydrogen) atoms. The number of anilines is 2. The Kier molecular flexibility index (Phi) is 7.12. The second-order valence-electron chi connectivity index (χ2n) is 9.29. The fraction of sp³-hybridized carbons (Fsp3) is 0.267. The molecule has 2 heterocycles. The summed E-state index contributed by atoms with van der Waals surface area (Å²) in [6.45, 7) is 6.77. The van der Waals surface area contributed by atoms with E-state index in [1.807, 2.05) is 78.6 Å². The molecule has 0 saturated carbocycles. The predicted molar refractivity (Wildman–Crippen MR) is 146 cm³/mol. The van der Waals surface area contributed by atoms with Crippen molar-refractivity contribution in [2.24, 2.45) is 0 Å². The zero-order valence-corrected chi connectivity index (χ0v) is 21.1. The van der Waals surface area contributed by atoms with Gasteiger partial charge in [-0.3, -0.25) is 9.59 Å². The Morgan fingerprint density at radius 3 is 2.32 bits per heavy atom. The van der Waals surface area contributed by atoms with Gasteiger partial charge in [0.1, 0.15) is 11.3 Å². The maximum absolute atomic E-state index is 12.9. The third kappa shape index (κ3) is 5.61. The molecule has 1 aliphatic rings. The minimum atomic E-state index is -0.166. The summed E-state index contributed by atoms with van der Waals surface area (Å²) in [4.78, 5) is 29.7. The van der Waals surface area contributed by atoms with Crippen LogP contribution in [0.4, 0.5) is 11.4 Å². The minimum absolute atomic E-state index is 0.0756. The van der Waals surface area contributed by atoms with E-state index in [0.717, 1.165) is 47.6 Å². The van der Waals surface area contributed by atoms with Gasteiger partial charge in [0.25, 0.3) is 11.8 Å². The third-order valence-corrected chi connectivity index (χ3v) is 6.72. The molecule has 0 radical (unpaired) electrons. The number of hydrogen-bond donors (Lipinski definition) is 1. The highest BCUT2D eigenvalue weighted by Crippen LogP contribution is 2.23. The molecule has 0 unspecified atom stereocenters. The zero-order valence-electron chi connectivity index (χ0n) is 21.1. The average molecular weight is 498 g/mol. The summed E-state index contributed by atoms with van der Waals surface area (Å²) in [7, 11) is 0. The van der Waals surface area contributed by atoms with Gasteiger partial charge >= 0.3 is 0 Å². The van der Waals surface area contributed by atoms with Gasteiger partial charge in [-0.2, -0.15) is 0 Å². The first-order chi connectivity index (χ1) is 18.0. The summed E-state index contributed by atoms with van der Waals surface area (Å²) >= 11 is 0. The number of piperazine rings is 1. The van der Waals surface area contributed by atoms with Crippen molar-refractivity contribution >= 4 is 34.2 Å². The van der Waals surface area contributed by atoms with Gasteiger partial charge in [0.05, 0.1) is 6.10 Å². The van der Waals surface area contributed by atoms with Crippen molar-refractivity contribution < 1.29 is 18.7 Å². The van der Waals surface area contributed by atoms with Crippen molar-refractivity contribution in [1.29, 1.82) is 0 Å². The van der Waals surface area contributed by atoms with Crippen LogP contribution in [0.15, 0.2) is 83.3 Å². The Hall–Kier alpha value is -4.26. The molecule has 1 aromatic heterocycles. The molecule has 0 aliphatic carbocycles. The number of ether oxygens (including phenoxy) is 1. The van der Waals surface area contributed by atoms with Crippen LogP contribution in [-0.4, -0.2) is 49.0 Å². The Morgan fingerprint density at radius 1 is 0.946 bits per heavy atom. The number of carbonyl (C=O) groups excluding carboxylic acids is 2. The van der Waals surface area contributed by atoms with E-state index in [0.29, 0.717) is 24.4 Å². The highest BCUT2D eigenvalue weighted by Gasteiger charge is 2.24. The highest BCUT2D eigenvalue weighted by atomic mass is 16.5. The lowest BCUT2D eigenvalue weighted by Crippen LogP contribution is -2.48. The number of carbonyl (C=O) groups is 2. The number of furan rings is 1. The Morgan fingerprint density at radius 2 is 1.65 bits per heavy atom. The molecule has 3 aromatic carbocycles. The fourth-order valence-corrected chi connectivity index (χ4v) is 4.37. The van der Waals surface area contributed by atoms with Gasteiger partial charge in [-0.1, -0.05) is 25.1 Å².